The number of nitrogens with zero attached hydrogens (tertiary/aromatic N) is 3. The largest absolute Gasteiger partial charge is 0.467 e. The maximum Gasteiger partial charge on any atom is 0.332 e. The van der Waals surface area contributed by atoms with Gasteiger partial charge in [0.15, 0.2) is 0 Å². The lowest BCUT2D eigenvalue weighted by atomic mass is 10.3. The molecule has 4 rings (SSSR count). The number of rotatable bonds is 6. The third-order valence-corrected chi connectivity index (χ3v) is 5.60. The average molecular weight is 409 g/mol. The van der Waals surface area contributed by atoms with Crippen molar-refractivity contribution in [1.82, 2.24) is 9.13 Å². The van der Waals surface area contributed by atoms with E-state index in [4.69, 9.17) is 4.42 Å². The number of thiophene rings is 1. The fraction of sp³-hybridized carbons (Fsp3) is 0.190. The molecular weight excluding hydrogens is 390 g/mol. The van der Waals surface area contributed by atoms with Crippen LogP contribution in [0.5, 0.6) is 0 Å². The maximum absolute atomic E-state index is 13.1. The van der Waals surface area contributed by atoms with Crippen molar-refractivity contribution in [2.75, 3.05) is 11.4 Å². The number of anilines is 1. The second-order valence-corrected chi connectivity index (χ2v) is 7.36. The first-order chi connectivity index (χ1) is 14.1. The van der Waals surface area contributed by atoms with E-state index < -0.39 is 5.69 Å². The summed E-state index contributed by atoms with van der Waals surface area (Å²) in [6, 6.07) is 14.4. The van der Waals surface area contributed by atoms with E-state index in [1.165, 1.54) is 22.2 Å². The number of hydrogen-bond acceptors (Lipinski definition) is 5. The monoisotopic (exact) mass is 409 g/mol. The molecule has 0 bridgehead atoms. The molecule has 0 aliphatic heterocycles. The predicted molar refractivity (Wildman–Crippen MR) is 113 cm³/mol. The van der Waals surface area contributed by atoms with Crippen LogP contribution in [0.4, 0.5) is 5.69 Å². The topological polar surface area (TPSA) is 77.5 Å². The van der Waals surface area contributed by atoms with Gasteiger partial charge in [-0.2, -0.15) is 0 Å². The maximum atomic E-state index is 13.1. The summed E-state index contributed by atoms with van der Waals surface area (Å²) in [7, 11) is 0. The molecule has 3 aromatic heterocycles. The Morgan fingerprint density at radius 1 is 1.07 bits per heavy atom. The quantitative estimate of drug-likeness (QED) is 0.491. The Labute approximate surface area is 170 Å². The molecule has 0 saturated heterocycles. The minimum atomic E-state index is -0.533. The molecular formula is C21H19N3O4S. The van der Waals surface area contributed by atoms with E-state index in [0.717, 1.165) is 10.3 Å². The summed E-state index contributed by atoms with van der Waals surface area (Å²) in [5.41, 5.74) is 0.321. The third-order valence-electron chi connectivity index (χ3n) is 4.71. The summed E-state index contributed by atoms with van der Waals surface area (Å²) in [5, 5.41) is 1.75. The van der Waals surface area contributed by atoms with Crippen LogP contribution in [0.25, 0.3) is 10.2 Å². The van der Waals surface area contributed by atoms with E-state index in [-0.39, 0.29) is 24.6 Å². The van der Waals surface area contributed by atoms with Gasteiger partial charge in [0, 0.05) is 12.2 Å². The lowest BCUT2D eigenvalue weighted by molar-refractivity contribution is -0.119. The van der Waals surface area contributed by atoms with Crippen LogP contribution in [-0.2, 0) is 17.9 Å². The first-order valence-corrected chi connectivity index (χ1v) is 10.1. The highest BCUT2D eigenvalue weighted by Crippen LogP contribution is 2.17. The predicted octanol–water partition coefficient (Wildman–Crippen LogP) is 2.92. The van der Waals surface area contributed by atoms with Crippen molar-refractivity contribution in [3.63, 3.8) is 0 Å². The Hall–Kier alpha value is -3.39. The van der Waals surface area contributed by atoms with E-state index in [1.54, 1.807) is 28.5 Å². The number of benzene rings is 1. The molecule has 3 heterocycles. The molecule has 4 aromatic rings. The highest BCUT2D eigenvalue weighted by atomic mass is 32.1. The van der Waals surface area contributed by atoms with E-state index in [0.29, 0.717) is 22.5 Å². The Bertz CT molecular complexity index is 1250. The van der Waals surface area contributed by atoms with Gasteiger partial charge in [0.1, 0.15) is 17.0 Å². The van der Waals surface area contributed by atoms with Crippen LogP contribution in [0.3, 0.4) is 0 Å². The van der Waals surface area contributed by atoms with Crippen LogP contribution in [0.15, 0.2) is 74.2 Å². The summed E-state index contributed by atoms with van der Waals surface area (Å²) < 4.78 is 8.21. The van der Waals surface area contributed by atoms with Gasteiger partial charge < -0.3 is 9.32 Å². The average Bonchev–Trinajstić information content (AvgIpc) is 3.42. The molecule has 8 heteroatoms. The molecule has 1 amide bonds. The zero-order valence-corrected chi connectivity index (χ0v) is 16.6. The number of likely N-dealkylation sites (N-methyl/N-ethyl adjacent to an activating group) is 1. The number of aromatic nitrogens is 2. The molecule has 0 N–H and O–H groups in total. The molecule has 0 unspecified atom stereocenters. The van der Waals surface area contributed by atoms with E-state index in [9.17, 15) is 14.4 Å². The Kier molecular flexibility index (Phi) is 5.18. The third kappa shape index (κ3) is 3.54. The van der Waals surface area contributed by atoms with Gasteiger partial charge in [-0.25, -0.2) is 4.79 Å². The summed E-state index contributed by atoms with van der Waals surface area (Å²) in [5.74, 6) is 0.272. The summed E-state index contributed by atoms with van der Waals surface area (Å²) in [6.45, 7) is 2.21. The van der Waals surface area contributed by atoms with Crippen LogP contribution in [-0.4, -0.2) is 21.6 Å². The fourth-order valence-electron chi connectivity index (χ4n) is 3.32. The van der Waals surface area contributed by atoms with Crippen molar-refractivity contribution in [3.8, 4) is 0 Å². The summed E-state index contributed by atoms with van der Waals surface area (Å²) >= 11 is 1.25. The zero-order chi connectivity index (χ0) is 20.4. The highest BCUT2D eigenvalue weighted by Gasteiger charge is 2.20. The second kappa shape index (κ2) is 7.92. The Balaban J connectivity index is 1.77. The normalized spacial score (nSPS) is 11.1. The number of para-hydroxylation sites is 1. The number of amides is 1. The van der Waals surface area contributed by atoms with Crippen LogP contribution >= 0.6 is 11.3 Å². The van der Waals surface area contributed by atoms with Crippen LogP contribution < -0.4 is 16.1 Å². The molecule has 0 aliphatic carbocycles. The molecule has 7 nitrogen and oxygen atoms in total. The van der Waals surface area contributed by atoms with Crippen molar-refractivity contribution in [2.45, 2.75) is 20.0 Å². The second-order valence-electron chi connectivity index (χ2n) is 6.45. The van der Waals surface area contributed by atoms with Gasteiger partial charge >= 0.3 is 5.69 Å². The lowest BCUT2D eigenvalue weighted by Gasteiger charge is -2.22. The zero-order valence-electron chi connectivity index (χ0n) is 15.8. The number of furan rings is 1. The Morgan fingerprint density at radius 2 is 1.86 bits per heavy atom. The SMILES string of the molecule is CCN(C(=O)Cn1c(=O)n(Cc2ccco2)c(=O)c2sccc21)c1ccccc1. The van der Waals surface area contributed by atoms with Crippen LogP contribution in [0, 0.1) is 0 Å². The minimum absolute atomic E-state index is 0.0167. The van der Waals surface area contributed by atoms with Crippen molar-refractivity contribution < 1.29 is 9.21 Å². The van der Waals surface area contributed by atoms with Crippen LogP contribution in [0.2, 0.25) is 0 Å². The molecule has 0 spiro atoms. The van der Waals surface area contributed by atoms with Gasteiger partial charge in [0.2, 0.25) is 5.91 Å². The molecule has 29 heavy (non-hydrogen) atoms. The number of fused-ring (bicyclic) bond motifs is 1. The molecule has 148 valence electrons. The number of hydrogen-bond donors (Lipinski definition) is 0. The standard InChI is InChI=1S/C21H19N3O4S/c1-2-22(15-7-4-3-5-8-15)18(25)14-23-17-10-12-29-19(17)20(26)24(21(23)27)13-16-9-6-11-28-16/h3-12H,2,13-14H2,1H3. The minimum Gasteiger partial charge on any atom is -0.467 e. The van der Waals surface area contributed by atoms with Crippen molar-refractivity contribution in [3.05, 3.63) is 86.8 Å². The van der Waals surface area contributed by atoms with Crippen molar-refractivity contribution in [1.29, 1.82) is 0 Å². The first-order valence-electron chi connectivity index (χ1n) is 9.18. The molecule has 0 aliphatic rings. The highest BCUT2D eigenvalue weighted by molar-refractivity contribution is 7.17. The number of carbonyl (C=O) groups is 1. The summed E-state index contributed by atoms with van der Waals surface area (Å²) in [6.07, 6.45) is 1.49. The van der Waals surface area contributed by atoms with Gasteiger partial charge in [0.25, 0.3) is 5.56 Å². The molecule has 0 saturated carbocycles. The van der Waals surface area contributed by atoms with Gasteiger partial charge in [-0.15, -0.1) is 11.3 Å². The van der Waals surface area contributed by atoms with Crippen molar-refractivity contribution in [2.24, 2.45) is 0 Å². The fourth-order valence-corrected chi connectivity index (χ4v) is 4.16. The van der Waals surface area contributed by atoms with Gasteiger partial charge in [0.05, 0.1) is 18.3 Å². The number of carbonyl (C=O) groups excluding carboxylic acids is 1. The van der Waals surface area contributed by atoms with Gasteiger partial charge in [-0.3, -0.25) is 18.7 Å². The first kappa shape index (κ1) is 18.9. The summed E-state index contributed by atoms with van der Waals surface area (Å²) in [4.78, 5) is 40.6. The van der Waals surface area contributed by atoms with Crippen molar-refractivity contribution >= 4 is 33.1 Å². The molecule has 0 radical (unpaired) electrons. The smallest absolute Gasteiger partial charge is 0.332 e. The van der Waals surface area contributed by atoms with E-state index in [1.807, 2.05) is 37.3 Å². The van der Waals surface area contributed by atoms with Crippen LogP contribution in [0.1, 0.15) is 12.7 Å². The Morgan fingerprint density at radius 3 is 2.55 bits per heavy atom. The molecule has 1 aromatic carbocycles. The van der Waals surface area contributed by atoms with Gasteiger partial charge in [-0.05, 0) is 42.6 Å². The van der Waals surface area contributed by atoms with Gasteiger partial charge in [-0.1, -0.05) is 18.2 Å². The molecule has 0 fully saturated rings. The van der Waals surface area contributed by atoms with E-state index in [2.05, 4.69) is 0 Å². The molecule has 0 atom stereocenters. The van der Waals surface area contributed by atoms with E-state index >= 15 is 0 Å². The lowest BCUT2D eigenvalue weighted by Crippen LogP contribution is -2.43.